The number of nitrogens with one attached hydrogen (secondary N) is 2. The Hall–Kier alpha value is -3.17. The van der Waals surface area contributed by atoms with Crippen LogP contribution in [0.1, 0.15) is 18.4 Å². The van der Waals surface area contributed by atoms with Crippen LogP contribution in [0.4, 0.5) is 0 Å². The largest absolute Gasteiger partial charge is 0.496 e. The van der Waals surface area contributed by atoms with Crippen molar-refractivity contribution in [2.24, 2.45) is 5.92 Å². The first kappa shape index (κ1) is 22.0. The Kier molecular flexibility index (Phi) is 6.29. The second-order valence-electron chi connectivity index (χ2n) is 7.80. The number of aromatic amines is 1. The number of benzene rings is 2. The lowest BCUT2D eigenvalue weighted by Crippen LogP contribution is -2.45. The number of piperidine rings is 1. The molecule has 168 valence electrons. The Labute approximate surface area is 186 Å². The zero-order valence-corrected chi connectivity index (χ0v) is 18.5. The Morgan fingerprint density at radius 1 is 1.19 bits per heavy atom. The monoisotopic (exact) mass is 455 g/mol. The molecule has 1 fully saturated rings. The number of fused-ring (bicyclic) bond motifs is 1. The Balaban J connectivity index is 1.47. The Morgan fingerprint density at radius 2 is 2.00 bits per heavy atom. The van der Waals surface area contributed by atoms with E-state index in [0.717, 1.165) is 5.56 Å². The number of amides is 1. The standard InChI is InChI=1S/C23H25N3O5S/c1-31-21-7-3-2-5-17(21)14-24-23(28)18-6-4-12-26(15-18)32(29,30)19-9-10-20-16(13-19)8-11-22(27)25-20/h2-3,5,7-11,13,18H,4,6,12,14-15H2,1H3,(H,24,28)(H,25,27)/t18-/m1/s1. The molecule has 1 aliphatic rings. The van der Waals surface area contributed by atoms with Gasteiger partial charge in [0.15, 0.2) is 0 Å². The second-order valence-corrected chi connectivity index (χ2v) is 9.74. The van der Waals surface area contributed by atoms with Crippen LogP contribution in [-0.2, 0) is 21.4 Å². The van der Waals surface area contributed by atoms with Crippen LogP contribution in [0.3, 0.4) is 0 Å². The molecule has 2 N–H and O–H groups in total. The molecular formula is C23H25N3O5S. The van der Waals surface area contributed by atoms with Crippen LogP contribution in [0.2, 0.25) is 0 Å². The number of hydrogen-bond donors (Lipinski definition) is 2. The van der Waals surface area contributed by atoms with Gasteiger partial charge in [0.2, 0.25) is 21.5 Å². The van der Waals surface area contributed by atoms with Gasteiger partial charge in [-0.15, -0.1) is 0 Å². The SMILES string of the molecule is COc1ccccc1CNC(=O)[C@@H]1CCCN(S(=O)(=O)c2ccc3[nH]c(=O)ccc3c2)C1. The van der Waals surface area contributed by atoms with Gasteiger partial charge in [-0.1, -0.05) is 18.2 Å². The van der Waals surface area contributed by atoms with E-state index in [1.165, 1.54) is 16.4 Å². The minimum atomic E-state index is -3.77. The van der Waals surface area contributed by atoms with Gasteiger partial charge in [-0.3, -0.25) is 9.59 Å². The van der Waals surface area contributed by atoms with Gasteiger partial charge in [0.25, 0.3) is 0 Å². The molecule has 1 aliphatic heterocycles. The summed E-state index contributed by atoms with van der Waals surface area (Å²) in [5.41, 5.74) is 1.19. The summed E-state index contributed by atoms with van der Waals surface area (Å²) in [6.07, 6.45) is 1.23. The summed E-state index contributed by atoms with van der Waals surface area (Å²) in [4.78, 5) is 27.1. The third-order valence-electron chi connectivity index (χ3n) is 5.73. The molecule has 0 spiro atoms. The topological polar surface area (TPSA) is 109 Å². The Morgan fingerprint density at radius 3 is 2.81 bits per heavy atom. The van der Waals surface area contributed by atoms with Crippen LogP contribution in [0, 0.1) is 5.92 Å². The maximum Gasteiger partial charge on any atom is 0.248 e. The molecule has 2 aromatic carbocycles. The number of carbonyl (C=O) groups is 1. The number of carbonyl (C=O) groups excluding carboxylic acids is 1. The zero-order valence-electron chi connectivity index (χ0n) is 17.7. The van der Waals surface area contributed by atoms with Crippen LogP contribution in [-0.4, -0.2) is 43.8 Å². The van der Waals surface area contributed by atoms with Crippen LogP contribution in [0.25, 0.3) is 10.9 Å². The molecule has 0 saturated carbocycles. The highest BCUT2D eigenvalue weighted by Crippen LogP contribution is 2.26. The van der Waals surface area contributed by atoms with Crippen molar-refractivity contribution in [2.75, 3.05) is 20.2 Å². The molecule has 9 heteroatoms. The minimum Gasteiger partial charge on any atom is -0.496 e. The maximum atomic E-state index is 13.2. The average molecular weight is 456 g/mol. The molecule has 1 amide bonds. The first-order valence-corrected chi connectivity index (χ1v) is 11.9. The van der Waals surface area contributed by atoms with Crippen LogP contribution in [0.5, 0.6) is 5.75 Å². The van der Waals surface area contributed by atoms with Crippen molar-refractivity contribution in [2.45, 2.75) is 24.3 Å². The molecule has 2 heterocycles. The summed E-state index contributed by atoms with van der Waals surface area (Å²) in [6.45, 7) is 0.807. The molecule has 0 bridgehead atoms. The van der Waals surface area contributed by atoms with E-state index >= 15 is 0 Å². The van der Waals surface area contributed by atoms with E-state index in [1.54, 1.807) is 25.3 Å². The quantitative estimate of drug-likeness (QED) is 0.593. The summed E-state index contributed by atoms with van der Waals surface area (Å²) in [7, 11) is -2.19. The summed E-state index contributed by atoms with van der Waals surface area (Å²) in [5, 5.41) is 3.54. The number of aromatic nitrogens is 1. The highest BCUT2D eigenvalue weighted by molar-refractivity contribution is 7.89. The normalized spacial score (nSPS) is 17.2. The highest BCUT2D eigenvalue weighted by atomic mass is 32.2. The molecule has 3 aromatic rings. The smallest absolute Gasteiger partial charge is 0.248 e. The third kappa shape index (κ3) is 4.53. The number of nitrogens with zero attached hydrogens (tertiary/aromatic N) is 1. The van der Waals surface area contributed by atoms with Gasteiger partial charge in [0.05, 0.1) is 17.9 Å². The summed E-state index contributed by atoms with van der Waals surface area (Å²) >= 11 is 0. The number of methoxy groups -OCH3 is 1. The van der Waals surface area contributed by atoms with Crippen molar-refractivity contribution in [3.8, 4) is 5.75 Å². The highest BCUT2D eigenvalue weighted by Gasteiger charge is 2.33. The van der Waals surface area contributed by atoms with E-state index in [0.29, 0.717) is 42.6 Å². The number of sulfonamides is 1. The fourth-order valence-electron chi connectivity index (χ4n) is 3.99. The fraction of sp³-hybridized carbons (Fsp3) is 0.304. The molecule has 0 aliphatic carbocycles. The number of hydrogen-bond acceptors (Lipinski definition) is 5. The van der Waals surface area contributed by atoms with Gasteiger partial charge in [0, 0.05) is 36.8 Å². The van der Waals surface area contributed by atoms with Crippen molar-refractivity contribution < 1.29 is 17.9 Å². The molecule has 32 heavy (non-hydrogen) atoms. The molecular weight excluding hydrogens is 430 g/mol. The minimum absolute atomic E-state index is 0.129. The molecule has 0 unspecified atom stereocenters. The molecule has 8 nitrogen and oxygen atoms in total. The number of rotatable bonds is 6. The van der Waals surface area contributed by atoms with Crippen molar-refractivity contribution in [1.82, 2.24) is 14.6 Å². The average Bonchev–Trinajstić information content (AvgIpc) is 2.82. The van der Waals surface area contributed by atoms with E-state index in [2.05, 4.69) is 10.3 Å². The lowest BCUT2D eigenvalue weighted by atomic mass is 9.98. The van der Waals surface area contributed by atoms with Crippen LogP contribution >= 0.6 is 0 Å². The van der Waals surface area contributed by atoms with E-state index in [1.807, 2.05) is 24.3 Å². The number of para-hydroxylation sites is 1. The van der Waals surface area contributed by atoms with E-state index in [-0.39, 0.29) is 22.9 Å². The van der Waals surface area contributed by atoms with Crippen LogP contribution in [0.15, 0.2) is 64.3 Å². The number of pyridine rings is 1. The Bertz CT molecular complexity index is 1300. The lowest BCUT2D eigenvalue weighted by Gasteiger charge is -2.31. The number of ether oxygens (including phenoxy) is 1. The van der Waals surface area contributed by atoms with Gasteiger partial charge >= 0.3 is 0 Å². The van der Waals surface area contributed by atoms with E-state index in [9.17, 15) is 18.0 Å². The molecule has 1 saturated heterocycles. The van der Waals surface area contributed by atoms with Crippen LogP contribution < -0.4 is 15.6 Å². The molecule has 1 atom stereocenters. The summed E-state index contributed by atoms with van der Waals surface area (Å²) in [6, 6.07) is 15.0. The molecule has 4 rings (SSSR count). The second kappa shape index (κ2) is 9.13. The van der Waals surface area contributed by atoms with Gasteiger partial charge < -0.3 is 15.0 Å². The fourth-order valence-corrected chi connectivity index (χ4v) is 5.55. The van der Waals surface area contributed by atoms with Gasteiger partial charge in [-0.25, -0.2) is 8.42 Å². The van der Waals surface area contributed by atoms with Crippen molar-refractivity contribution in [3.05, 3.63) is 70.5 Å². The van der Waals surface area contributed by atoms with Crippen molar-refractivity contribution >= 4 is 26.8 Å². The first-order chi connectivity index (χ1) is 15.4. The van der Waals surface area contributed by atoms with E-state index < -0.39 is 15.9 Å². The predicted octanol–water partition coefficient (Wildman–Crippen LogP) is 2.25. The molecule has 1 aromatic heterocycles. The van der Waals surface area contributed by atoms with Crippen molar-refractivity contribution in [3.63, 3.8) is 0 Å². The summed E-state index contributed by atoms with van der Waals surface area (Å²) < 4.78 is 33.2. The predicted molar refractivity (Wildman–Crippen MR) is 121 cm³/mol. The first-order valence-electron chi connectivity index (χ1n) is 10.4. The third-order valence-corrected chi connectivity index (χ3v) is 7.59. The maximum absolute atomic E-state index is 13.2. The number of H-pyrrole nitrogens is 1. The van der Waals surface area contributed by atoms with Gasteiger partial charge in [-0.2, -0.15) is 4.31 Å². The van der Waals surface area contributed by atoms with Crippen molar-refractivity contribution in [1.29, 1.82) is 0 Å². The van der Waals surface area contributed by atoms with Gasteiger partial charge in [-0.05, 0) is 48.6 Å². The van der Waals surface area contributed by atoms with E-state index in [4.69, 9.17) is 4.74 Å². The van der Waals surface area contributed by atoms with Gasteiger partial charge in [0.1, 0.15) is 5.75 Å². The lowest BCUT2D eigenvalue weighted by molar-refractivity contribution is -0.126. The molecule has 0 radical (unpaired) electrons. The summed E-state index contributed by atoms with van der Waals surface area (Å²) in [5.74, 6) is 0.0928. The zero-order chi connectivity index (χ0) is 22.7.